The number of hydrogen-bond donors (Lipinski definition) is 2. The Balaban J connectivity index is 2.21. The Morgan fingerprint density at radius 2 is 2.00 bits per heavy atom. The maximum atomic E-state index is 12.0. The number of nitrogens with zero attached hydrogens (tertiary/aromatic N) is 1. The van der Waals surface area contributed by atoms with Crippen LogP contribution < -0.4 is 5.32 Å². The predicted octanol–water partition coefficient (Wildman–Crippen LogP) is 1.22. The van der Waals surface area contributed by atoms with Crippen LogP contribution in [0.4, 0.5) is 0 Å². The van der Waals surface area contributed by atoms with E-state index in [1.54, 1.807) is 24.3 Å². The van der Waals surface area contributed by atoms with E-state index < -0.39 is 6.04 Å². The molecule has 0 radical (unpaired) electrons. The monoisotopic (exact) mass is 232 g/mol. The fraction of sp³-hybridized carbons (Fsp3) is 0.250. The number of oxime groups is 1. The SMILES string of the molecule is O=C1NC(CCC=NO)C(=O)c2ccccc21. The van der Waals surface area contributed by atoms with Gasteiger partial charge in [-0.2, -0.15) is 0 Å². The third kappa shape index (κ3) is 2.18. The van der Waals surface area contributed by atoms with Crippen molar-refractivity contribution < 1.29 is 14.8 Å². The Kier molecular flexibility index (Phi) is 3.18. The van der Waals surface area contributed by atoms with Gasteiger partial charge in [0.1, 0.15) is 0 Å². The van der Waals surface area contributed by atoms with Crippen molar-refractivity contribution in [3.05, 3.63) is 35.4 Å². The molecule has 0 aliphatic carbocycles. The first-order valence-electron chi connectivity index (χ1n) is 5.34. The van der Waals surface area contributed by atoms with E-state index in [0.29, 0.717) is 24.0 Å². The first-order chi connectivity index (χ1) is 8.24. The van der Waals surface area contributed by atoms with Crippen molar-refractivity contribution in [3.8, 4) is 0 Å². The molecule has 5 heteroatoms. The number of fused-ring (bicyclic) bond motifs is 1. The molecule has 0 bridgehead atoms. The van der Waals surface area contributed by atoms with Crippen molar-refractivity contribution >= 4 is 17.9 Å². The zero-order chi connectivity index (χ0) is 12.3. The molecule has 0 aromatic heterocycles. The molecule has 1 aliphatic heterocycles. The lowest BCUT2D eigenvalue weighted by Crippen LogP contribution is -2.46. The number of hydrogen-bond acceptors (Lipinski definition) is 4. The maximum absolute atomic E-state index is 12.0. The first-order valence-corrected chi connectivity index (χ1v) is 5.34. The van der Waals surface area contributed by atoms with Gasteiger partial charge in [-0.1, -0.05) is 18.2 Å². The van der Waals surface area contributed by atoms with Crippen molar-refractivity contribution in [2.45, 2.75) is 18.9 Å². The van der Waals surface area contributed by atoms with Crippen molar-refractivity contribution in [3.63, 3.8) is 0 Å². The quantitative estimate of drug-likeness (QED) is 0.467. The molecule has 2 N–H and O–H groups in total. The second kappa shape index (κ2) is 4.78. The first kappa shape index (κ1) is 11.3. The molecular formula is C12H12N2O3. The molecule has 1 aliphatic rings. The Bertz CT molecular complexity index is 482. The van der Waals surface area contributed by atoms with Crippen molar-refractivity contribution in [1.82, 2.24) is 5.32 Å². The van der Waals surface area contributed by atoms with Crippen LogP contribution in [0, 0.1) is 0 Å². The number of rotatable bonds is 3. The Morgan fingerprint density at radius 3 is 2.71 bits per heavy atom. The smallest absolute Gasteiger partial charge is 0.252 e. The zero-order valence-electron chi connectivity index (χ0n) is 9.09. The molecule has 1 atom stereocenters. The van der Waals surface area contributed by atoms with Gasteiger partial charge in [0.25, 0.3) is 5.91 Å². The molecule has 0 fully saturated rings. The summed E-state index contributed by atoms with van der Waals surface area (Å²) in [4.78, 5) is 23.8. The van der Waals surface area contributed by atoms with Gasteiger partial charge in [-0.3, -0.25) is 9.59 Å². The number of carbonyl (C=O) groups is 2. The Morgan fingerprint density at radius 1 is 1.29 bits per heavy atom. The molecule has 5 nitrogen and oxygen atoms in total. The average Bonchev–Trinajstić information content (AvgIpc) is 2.36. The summed E-state index contributed by atoms with van der Waals surface area (Å²) in [7, 11) is 0. The van der Waals surface area contributed by atoms with Crippen LogP contribution in [0.2, 0.25) is 0 Å². The van der Waals surface area contributed by atoms with Gasteiger partial charge in [0, 0.05) is 11.8 Å². The highest BCUT2D eigenvalue weighted by atomic mass is 16.4. The lowest BCUT2D eigenvalue weighted by molar-refractivity contribution is 0.0824. The molecule has 0 spiro atoms. The minimum atomic E-state index is -0.532. The molecule has 1 amide bonds. The van der Waals surface area contributed by atoms with Gasteiger partial charge >= 0.3 is 0 Å². The van der Waals surface area contributed by atoms with Crippen LogP contribution in [0.25, 0.3) is 0 Å². The van der Waals surface area contributed by atoms with E-state index in [1.165, 1.54) is 6.21 Å². The highest BCUT2D eigenvalue weighted by molar-refractivity contribution is 6.15. The van der Waals surface area contributed by atoms with Crippen LogP contribution in [-0.2, 0) is 0 Å². The van der Waals surface area contributed by atoms with E-state index in [2.05, 4.69) is 10.5 Å². The minimum Gasteiger partial charge on any atom is -0.411 e. The summed E-state index contributed by atoms with van der Waals surface area (Å²) < 4.78 is 0. The summed E-state index contributed by atoms with van der Waals surface area (Å²) in [6, 6.07) is 6.22. The van der Waals surface area contributed by atoms with Crippen LogP contribution in [0.1, 0.15) is 33.6 Å². The lowest BCUT2D eigenvalue weighted by atomic mass is 9.92. The predicted molar refractivity (Wildman–Crippen MR) is 61.5 cm³/mol. The zero-order valence-corrected chi connectivity index (χ0v) is 9.09. The molecule has 0 saturated carbocycles. The van der Waals surface area contributed by atoms with Crippen molar-refractivity contribution in [2.75, 3.05) is 0 Å². The summed E-state index contributed by atoms with van der Waals surface area (Å²) in [6.07, 6.45) is 2.18. The second-order valence-electron chi connectivity index (χ2n) is 3.81. The van der Waals surface area contributed by atoms with Gasteiger partial charge in [-0.15, -0.1) is 5.16 Å². The summed E-state index contributed by atoms with van der Waals surface area (Å²) in [5.74, 6) is -0.322. The van der Waals surface area contributed by atoms with Crippen LogP contribution >= 0.6 is 0 Å². The number of benzene rings is 1. The maximum Gasteiger partial charge on any atom is 0.252 e. The number of nitrogens with one attached hydrogen (secondary N) is 1. The summed E-state index contributed by atoms with van der Waals surface area (Å²) in [5.41, 5.74) is 0.881. The van der Waals surface area contributed by atoms with E-state index >= 15 is 0 Å². The van der Waals surface area contributed by atoms with Gasteiger partial charge in [0.05, 0.1) is 11.6 Å². The third-order valence-electron chi connectivity index (χ3n) is 2.73. The molecule has 1 unspecified atom stereocenters. The van der Waals surface area contributed by atoms with Gasteiger partial charge in [-0.05, 0) is 18.9 Å². The summed E-state index contributed by atoms with van der Waals surface area (Å²) in [5, 5.41) is 13.8. The number of carbonyl (C=O) groups excluding carboxylic acids is 2. The number of Topliss-reactive ketones (excluding diaryl/α,β-unsaturated/α-hetero) is 1. The largest absolute Gasteiger partial charge is 0.411 e. The van der Waals surface area contributed by atoms with Crippen LogP contribution in [0.15, 0.2) is 29.4 Å². The fourth-order valence-corrected chi connectivity index (χ4v) is 1.89. The second-order valence-corrected chi connectivity index (χ2v) is 3.81. The van der Waals surface area contributed by atoms with E-state index in [4.69, 9.17) is 5.21 Å². The van der Waals surface area contributed by atoms with E-state index in [-0.39, 0.29) is 11.7 Å². The lowest BCUT2D eigenvalue weighted by Gasteiger charge is -2.23. The van der Waals surface area contributed by atoms with Crippen LogP contribution in [-0.4, -0.2) is 29.2 Å². The standard InChI is InChI=1S/C12H12N2O3/c15-11-8-4-1-2-5-9(8)12(16)14-10(11)6-3-7-13-17/h1-2,4-5,7,10,17H,3,6H2,(H,14,16). The molecular weight excluding hydrogens is 220 g/mol. The average molecular weight is 232 g/mol. The fourth-order valence-electron chi connectivity index (χ4n) is 1.89. The minimum absolute atomic E-state index is 0.0912. The van der Waals surface area contributed by atoms with Crippen LogP contribution in [0.3, 0.4) is 0 Å². The van der Waals surface area contributed by atoms with E-state index in [1.807, 2.05) is 0 Å². The Hall–Kier alpha value is -2.17. The number of amides is 1. The summed E-state index contributed by atoms with van der Waals surface area (Å²) >= 11 is 0. The third-order valence-corrected chi connectivity index (χ3v) is 2.73. The van der Waals surface area contributed by atoms with Gasteiger partial charge in [-0.25, -0.2) is 0 Å². The molecule has 1 aromatic carbocycles. The van der Waals surface area contributed by atoms with Crippen molar-refractivity contribution in [2.24, 2.45) is 5.16 Å². The normalized spacial score (nSPS) is 19.2. The molecule has 0 saturated heterocycles. The van der Waals surface area contributed by atoms with Gasteiger partial charge in [0.2, 0.25) is 0 Å². The molecule has 88 valence electrons. The summed E-state index contributed by atoms with van der Waals surface area (Å²) in [6.45, 7) is 0. The molecule has 2 rings (SSSR count). The van der Waals surface area contributed by atoms with Crippen molar-refractivity contribution in [1.29, 1.82) is 0 Å². The number of ketones is 1. The van der Waals surface area contributed by atoms with Gasteiger partial charge < -0.3 is 10.5 Å². The van der Waals surface area contributed by atoms with Gasteiger partial charge in [0.15, 0.2) is 5.78 Å². The van der Waals surface area contributed by atoms with E-state index in [9.17, 15) is 9.59 Å². The van der Waals surface area contributed by atoms with E-state index in [0.717, 1.165) is 0 Å². The molecule has 1 aromatic rings. The molecule has 17 heavy (non-hydrogen) atoms. The highest BCUT2D eigenvalue weighted by Crippen LogP contribution is 2.18. The Labute approximate surface area is 98.1 Å². The highest BCUT2D eigenvalue weighted by Gasteiger charge is 2.30. The topological polar surface area (TPSA) is 78.8 Å². The molecule has 1 heterocycles. The van der Waals surface area contributed by atoms with Crippen LogP contribution in [0.5, 0.6) is 0 Å².